The molecule has 1 rings (SSSR count). The fourth-order valence-corrected chi connectivity index (χ4v) is 2.59. The van der Waals surface area contributed by atoms with E-state index in [1.807, 2.05) is 0 Å². The first-order valence-electron chi connectivity index (χ1n) is 6.79. The van der Waals surface area contributed by atoms with E-state index in [-0.39, 0.29) is 18.4 Å². The van der Waals surface area contributed by atoms with Gasteiger partial charge < -0.3 is 10.5 Å². The van der Waals surface area contributed by atoms with Gasteiger partial charge in [-0.25, -0.2) is 0 Å². The van der Waals surface area contributed by atoms with Crippen molar-refractivity contribution < 1.29 is 9.53 Å². The summed E-state index contributed by atoms with van der Waals surface area (Å²) < 4.78 is 4.98. The largest absolute Gasteiger partial charge is 0.466 e. The van der Waals surface area contributed by atoms with E-state index in [4.69, 9.17) is 10.5 Å². The summed E-state index contributed by atoms with van der Waals surface area (Å²) in [6, 6.07) is -0.294. The normalized spacial score (nSPS) is 12.4. The second-order valence-corrected chi connectivity index (χ2v) is 5.15. The average Bonchev–Trinajstić information content (AvgIpc) is 2.34. The molecule has 2 N–H and O–H groups in total. The Hall–Kier alpha value is -1.35. The van der Waals surface area contributed by atoms with E-state index >= 15 is 0 Å². The van der Waals surface area contributed by atoms with Gasteiger partial charge in [0.05, 0.1) is 13.0 Å². The zero-order chi connectivity index (χ0) is 14.7. The highest BCUT2D eigenvalue weighted by Gasteiger charge is 2.20. The van der Waals surface area contributed by atoms with Crippen LogP contribution in [0.15, 0.2) is 0 Å². The Kier molecular flexibility index (Phi) is 5.12. The zero-order valence-electron chi connectivity index (χ0n) is 12.9. The molecule has 0 aliphatic rings. The van der Waals surface area contributed by atoms with Gasteiger partial charge in [-0.2, -0.15) is 0 Å². The van der Waals surface area contributed by atoms with E-state index in [0.717, 1.165) is 5.56 Å². The minimum absolute atomic E-state index is 0.232. The lowest BCUT2D eigenvalue weighted by molar-refractivity contribution is -0.143. The molecule has 0 aliphatic heterocycles. The lowest BCUT2D eigenvalue weighted by Gasteiger charge is -2.22. The molecule has 0 fully saturated rings. The molecule has 3 nitrogen and oxygen atoms in total. The molecule has 19 heavy (non-hydrogen) atoms. The van der Waals surface area contributed by atoms with Crippen LogP contribution < -0.4 is 5.73 Å². The first-order valence-corrected chi connectivity index (χ1v) is 6.79. The Morgan fingerprint density at radius 3 is 1.84 bits per heavy atom. The van der Waals surface area contributed by atoms with Crippen LogP contribution in [0, 0.1) is 34.6 Å². The number of hydrogen-bond donors (Lipinski definition) is 1. The highest BCUT2D eigenvalue weighted by molar-refractivity contribution is 5.71. The van der Waals surface area contributed by atoms with E-state index in [2.05, 4.69) is 34.6 Å². The molecule has 1 aromatic rings. The molecule has 0 radical (unpaired) electrons. The molecule has 0 saturated carbocycles. The van der Waals surface area contributed by atoms with Gasteiger partial charge in [-0.15, -0.1) is 0 Å². The molecule has 0 unspecified atom stereocenters. The number of benzene rings is 1. The third-order valence-corrected chi connectivity index (χ3v) is 4.12. The number of carbonyl (C=O) groups is 1. The fraction of sp³-hybridized carbons (Fsp3) is 0.562. The first kappa shape index (κ1) is 15.7. The monoisotopic (exact) mass is 263 g/mol. The van der Waals surface area contributed by atoms with E-state index in [0.29, 0.717) is 6.61 Å². The maximum atomic E-state index is 11.6. The molecular weight excluding hydrogens is 238 g/mol. The van der Waals surface area contributed by atoms with Crippen molar-refractivity contribution in [2.24, 2.45) is 5.73 Å². The number of hydrogen-bond acceptors (Lipinski definition) is 3. The van der Waals surface area contributed by atoms with Gasteiger partial charge in [-0.1, -0.05) is 0 Å². The third kappa shape index (κ3) is 3.16. The van der Waals surface area contributed by atoms with Gasteiger partial charge in [-0.05, 0) is 74.9 Å². The lowest BCUT2D eigenvalue weighted by Crippen LogP contribution is -2.20. The van der Waals surface area contributed by atoms with Crippen molar-refractivity contribution in [3.8, 4) is 0 Å². The summed E-state index contributed by atoms with van der Waals surface area (Å²) in [6.45, 7) is 12.7. The predicted octanol–water partition coefficient (Wildman–Crippen LogP) is 3.18. The number of carbonyl (C=O) groups excluding carboxylic acids is 1. The molecule has 0 amide bonds. The van der Waals surface area contributed by atoms with E-state index in [1.165, 1.54) is 27.8 Å². The van der Waals surface area contributed by atoms with Gasteiger partial charge in [0.15, 0.2) is 0 Å². The quantitative estimate of drug-likeness (QED) is 0.849. The second kappa shape index (κ2) is 6.20. The van der Waals surface area contributed by atoms with E-state index in [1.54, 1.807) is 6.92 Å². The van der Waals surface area contributed by atoms with Crippen molar-refractivity contribution in [1.29, 1.82) is 0 Å². The number of rotatable bonds is 4. The Morgan fingerprint density at radius 2 is 1.42 bits per heavy atom. The zero-order valence-corrected chi connectivity index (χ0v) is 12.9. The van der Waals surface area contributed by atoms with Gasteiger partial charge in [0.2, 0.25) is 0 Å². The highest BCUT2D eigenvalue weighted by atomic mass is 16.5. The number of ether oxygens (including phenoxy) is 1. The molecule has 1 atom stereocenters. The summed E-state index contributed by atoms with van der Waals surface area (Å²) >= 11 is 0. The molecule has 0 aromatic heterocycles. The standard InChI is InChI=1S/C16H25NO2/c1-7-19-15(18)8-14(17)16-12(5)10(3)9(2)11(4)13(16)6/h14H,7-8,17H2,1-6H3/t14-/m1/s1. The highest BCUT2D eigenvalue weighted by Crippen LogP contribution is 2.30. The smallest absolute Gasteiger partial charge is 0.307 e. The predicted molar refractivity (Wildman–Crippen MR) is 78.3 cm³/mol. The van der Waals surface area contributed by atoms with Crippen LogP contribution in [0.4, 0.5) is 0 Å². The molecule has 0 heterocycles. The maximum Gasteiger partial charge on any atom is 0.307 e. The van der Waals surface area contributed by atoms with Crippen LogP contribution in [0.3, 0.4) is 0 Å². The number of esters is 1. The van der Waals surface area contributed by atoms with Crippen LogP contribution >= 0.6 is 0 Å². The Morgan fingerprint density at radius 1 is 1.00 bits per heavy atom. The molecule has 0 spiro atoms. The topological polar surface area (TPSA) is 52.3 Å². The SMILES string of the molecule is CCOC(=O)C[C@@H](N)c1c(C)c(C)c(C)c(C)c1C. The summed E-state index contributed by atoms with van der Waals surface area (Å²) in [4.78, 5) is 11.6. The Balaban J connectivity index is 3.17. The first-order chi connectivity index (χ1) is 8.81. The van der Waals surface area contributed by atoms with Gasteiger partial charge in [0, 0.05) is 6.04 Å². The van der Waals surface area contributed by atoms with E-state index < -0.39 is 0 Å². The van der Waals surface area contributed by atoms with Crippen molar-refractivity contribution in [3.05, 3.63) is 33.4 Å². The van der Waals surface area contributed by atoms with Crippen LogP contribution in [-0.4, -0.2) is 12.6 Å². The van der Waals surface area contributed by atoms with Crippen LogP contribution in [0.5, 0.6) is 0 Å². The second-order valence-electron chi connectivity index (χ2n) is 5.15. The van der Waals surface area contributed by atoms with Crippen LogP contribution in [0.2, 0.25) is 0 Å². The van der Waals surface area contributed by atoms with Gasteiger partial charge >= 0.3 is 5.97 Å². The van der Waals surface area contributed by atoms with Crippen molar-refractivity contribution in [1.82, 2.24) is 0 Å². The fourth-order valence-electron chi connectivity index (χ4n) is 2.59. The van der Waals surface area contributed by atoms with Crippen molar-refractivity contribution in [2.45, 2.75) is 54.0 Å². The molecule has 3 heteroatoms. The Bertz CT molecular complexity index is 463. The van der Waals surface area contributed by atoms with E-state index in [9.17, 15) is 4.79 Å². The molecule has 0 bridgehead atoms. The van der Waals surface area contributed by atoms with Crippen molar-refractivity contribution in [2.75, 3.05) is 6.61 Å². The maximum absolute atomic E-state index is 11.6. The van der Waals surface area contributed by atoms with Crippen LogP contribution in [0.1, 0.15) is 52.8 Å². The minimum Gasteiger partial charge on any atom is -0.466 e. The summed E-state index contributed by atoms with van der Waals surface area (Å²) in [5, 5.41) is 0. The molecular formula is C16H25NO2. The summed E-state index contributed by atoms with van der Waals surface area (Å²) in [7, 11) is 0. The lowest BCUT2D eigenvalue weighted by atomic mass is 9.85. The number of nitrogens with two attached hydrogens (primary N) is 1. The molecule has 0 saturated heterocycles. The summed E-state index contributed by atoms with van der Waals surface area (Å²) in [6.07, 6.45) is 0.234. The summed E-state index contributed by atoms with van der Waals surface area (Å²) in [5.41, 5.74) is 13.5. The third-order valence-electron chi connectivity index (χ3n) is 4.12. The van der Waals surface area contributed by atoms with Crippen LogP contribution in [-0.2, 0) is 9.53 Å². The van der Waals surface area contributed by atoms with Crippen LogP contribution in [0.25, 0.3) is 0 Å². The summed E-state index contributed by atoms with van der Waals surface area (Å²) in [5.74, 6) is -0.232. The molecule has 0 aliphatic carbocycles. The van der Waals surface area contributed by atoms with Crippen molar-refractivity contribution >= 4 is 5.97 Å². The average molecular weight is 263 g/mol. The van der Waals surface area contributed by atoms with Gasteiger partial charge in [0.25, 0.3) is 0 Å². The van der Waals surface area contributed by atoms with Gasteiger partial charge in [-0.3, -0.25) is 4.79 Å². The molecule has 106 valence electrons. The van der Waals surface area contributed by atoms with Gasteiger partial charge in [0.1, 0.15) is 0 Å². The molecule has 1 aromatic carbocycles. The minimum atomic E-state index is -0.294. The van der Waals surface area contributed by atoms with Crippen molar-refractivity contribution in [3.63, 3.8) is 0 Å². The Labute approximate surface area is 116 Å².